The summed E-state index contributed by atoms with van der Waals surface area (Å²) in [6.45, 7) is 4.88. The van der Waals surface area contributed by atoms with Crippen LogP contribution in [0.15, 0.2) is 36.5 Å². The molecule has 0 aliphatic rings. The van der Waals surface area contributed by atoms with Crippen molar-refractivity contribution in [3.05, 3.63) is 36.5 Å². The van der Waals surface area contributed by atoms with Crippen LogP contribution in [0.3, 0.4) is 0 Å². The van der Waals surface area contributed by atoms with Crippen molar-refractivity contribution in [2.24, 2.45) is 0 Å². The number of esters is 1. The van der Waals surface area contributed by atoms with E-state index in [-0.39, 0.29) is 18.5 Å². The molecule has 70 heavy (non-hydrogen) atoms. The van der Waals surface area contributed by atoms with Gasteiger partial charge in [-0.2, -0.15) is 0 Å². The highest BCUT2D eigenvalue weighted by Crippen LogP contribution is 2.17. The van der Waals surface area contributed by atoms with Crippen LogP contribution in [0, 0.1) is 0 Å². The molecule has 1 amide bonds. The predicted molar refractivity (Wildman–Crippen MR) is 306 cm³/mol. The molecule has 0 radical (unpaired) electrons. The lowest BCUT2D eigenvalue weighted by Gasteiger charge is -2.20. The Hall–Kier alpha value is -1.92. The first-order valence-corrected chi connectivity index (χ1v) is 31.3. The number of hydrogen-bond donors (Lipinski definition) is 3. The zero-order chi connectivity index (χ0) is 50.7. The number of nitrogens with one attached hydrogen (secondary N) is 1. The lowest BCUT2D eigenvalue weighted by molar-refractivity contribution is -0.143. The molecular weight excluding hydrogens is 863 g/mol. The van der Waals surface area contributed by atoms with E-state index in [1.807, 2.05) is 6.08 Å². The Balaban J connectivity index is 3.52. The summed E-state index contributed by atoms with van der Waals surface area (Å²) in [6.07, 6.45) is 74.7. The first kappa shape index (κ1) is 68.1. The molecule has 2 atom stereocenters. The molecule has 0 aliphatic carbocycles. The van der Waals surface area contributed by atoms with Gasteiger partial charge in [0.2, 0.25) is 5.91 Å². The summed E-state index contributed by atoms with van der Waals surface area (Å²) in [5.41, 5.74) is 0. The summed E-state index contributed by atoms with van der Waals surface area (Å²) >= 11 is 0. The van der Waals surface area contributed by atoms with Crippen molar-refractivity contribution in [2.45, 2.75) is 347 Å². The molecule has 0 aromatic carbocycles. The van der Waals surface area contributed by atoms with Crippen molar-refractivity contribution >= 4 is 11.9 Å². The normalized spacial score (nSPS) is 12.8. The van der Waals surface area contributed by atoms with E-state index in [9.17, 15) is 19.8 Å². The number of aliphatic hydroxyl groups excluding tert-OH is 2. The molecule has 2 unspecified atom stereocenters. The van der Waals surface area contributed by atoms with Crippen molar-refractivity contribution in [2.75, 3.05) is 13.2 Å². The molecule has 3 N–H and O–H groups in total. The Morgan fingerprint density at radius 2 is 0.714 bits per heavy atom. The van der Waals surface area contributed by atoms with E-state index in [4.69, 9.17) is 4.74 Å². The maximum Gasteiger partial charge on any atom is 0.305 e. The lowest BCUT2D eigenvalue weighted by Crippen LogP contribution is -2.45. The van der Waals surface area contributed by atoms with E-state index in [1.165, 1.54) is 225 Å². The molecule has 412 valence electrons. The lowest BCUT2D eigenvalue weighted by atomic mass is 10.0. The highest BCUT2D eigenvalue weighted by molar-refractivity contribution is 5.76. The summed E-state index contributed by atoms with van der Waals surface area (Å²) in [6, 6.07) is -0.641. The second kappa shape index (κ2) is 59.6. The molecule has 0 aliphatic heterocycles. The first-order valence-electron chi connectivity index (χ1n) is 31.3. The average Bonchev–Trinajstić information content (AvgIpc) is 3.36. The van der Waals surface area contributed by atoms with Gasteiger partial charge in [0.1, 0.15) is 0 Å². The van der Waals surface area contributed by atoms with Gasteiger partial charge in [-0.15, -0.1) is 0 Å². The Morgan fingerprint density at radius 1 is 0.400 bits per heavy atom. The number of allylic oxidation sites excluding steroid dienone is 5. The van der Waals surface area contributed by atoms with Crippen molar-refractivity contribution in [3.8, 4) is 0 Å². The van der Waals surface area contributed by atoms with E-state index >= 15 is 0 Å². The number of rotatable bonds is 58. The van der Waals surface area contributed by atoms with Crippen LogP contribution >= 0.6 is 0 Å². The van der Waals surface area contributed by atoms with Gasteiger partial charge in [0, 0.05) is 12.8 Å². The Labute approximate surface area is 436 Å². The second-order valence-corrected chi connectivity index (χ2v) is 21.4. The Morgan fingerprint density at radius 3 is 1.09 bits per heavy atom. The molecule has 6 nitrogen and oxygen atoms in total. The van der Waals surface area contributed by atoms with Crippen molar-refractivity contribution in [3.63, 3.8) is 0 Å². The van der Waals surface area contributed by atoms with Crippen LogP contribution < -0.4 is 5.32 Å². The molecule has 0 aromatic heterocycles. The predicted octanol–water partition coefficient (Wildman–Crippen LogP) is 19.6. The monoisotopic (exact) mass is 984 g/mol. The van der Waals surface area contributed by atoms with Crippen LogP contribution in [0.2, 0.25) is 0 Å². The Kier molecular flexibility index (Phi) is 58.0. The van der Waals surface area contributed by atoms with E-state index in [1.54, 1.807) is 6.08 Å². The zero-order valence-corrected chi connectivity index (χ0v) is 47.0. The van der Waals surface area contributed by atoms with Gasteiger partial charge < -0.3 is 20.3 Å². The van der Waals surface area contributed by atoms with Gasteiger partial charge in [-0.05, 0) is 70.6 Å². The second-order valence-electron chi connectivity index (χ2n) is 21.4. The van der Waals surface area contributed by atoms with Gasteiger partial charge in [0.25, 0.3) is 0 Å². The highest BCUT2D eigenvalue weighted by Gasteiger charge is 2.18. The molecule has 6 heteroatoms. The van der Waals surface area contributed by atoms with Gasteiger partial charge in [-0.25, -0.2) is 0 Å². The number of amides is 1. The van der Waals surface area contributed by atoms with Gasteiger partial charge >= 0.3 is 5.97 Å². The summed E-state index contributed by atoms with van der Waals surface area (Å²) in [4.78, 5) is 24.5. The van der Waals surface area contributed by atoms with Crippen LogP contribution in [0.5, 0.6) is 0 Å². The number of hydrogen-bond acceptors (Lipinski definition) is 5. The fourth-order valence-corrected chi connectivity index (χ4v) is 9.61. The standard InChI is InChI=1S/C64H121NO5/c1-3-5-7-9-11-13-15-17-18-19-20-21-22-23-24-26-29-33-36-40-44-48-52-56-62(67)61(60-66)65-63(68)57-53-49-45-41-37-34-30-27-25-28-31-35-39-43-47-51-55-59-70-64(69)58-54-50-46-42-38-32-16-14-12-10-8-6-4-2/h25,28,35,39,52,56,61-62,66-67H,3-24,26-27,29-34,36-38,40-51,53-55,57-60H2,1-2H3,(H,65,68)/b28-25-,39-35-,56-52+. The first-order chi connectivity index (χ1) is 34.5. The minimum absolute atomic E-state index is 0.0146. The van der Waals surface area contributed by atoms with Crippen LogP contribution in [0.25, 0.3) is 0 Å². The maximum atomic E-state index is 12.5. The smallest absolute Gasteiger partial charge is 0.305 e. The topological polar surface area (TPSA) is 95.9 Å². The van der Waals surface area contributed by atoms with E-state index in [2.05, 4.69) is 43.5 Å². The zero-order valence-electron chi connectivity index (χ0n) is 47.0. The van der Waals surface area contributed by atoms with Gasteiger partial charge in [-0.1, -0.05) is 288 Å². The molecule has 0 rings (SSSR count). The maximum absolute atomic E-state index is 12.5. The molecular formula is C64H121NO5. The molecule has 0 aromatic rings. The van der Waals surface area contributed by atoms with Crippen LogP contribution in [0.1, 0.15) is 335 Å². The highest BCUT2D eigenvalue weighted by atomic mass is 16.5. The van der Waals surface area contributed by atoms with Crippen LogP contribution in [0.4, 0.5) is 0 Å². The number of aliphatic hydroxyl groups is 2. The van der Waals surface area contributed by atoms with Crippen molar-refractivity contribution in [1.82, 2.24) is 5.32 Å². The molecule has 0 saturated heterocycles. The largest absolute Gasteiger partial charge is 0.466 e. The van der Waals surface area contributed by atoms with Crippen molar-refractivity contribution in [1.29, 1.82) is 0 Å². The molecule has 0 fully saturated rings. The number of unbranched alkanes of at least 4 members (excludes halogenated alkanes) is 43. The van der Waals surface area contributed by atoms with Gasteiger partial charge in [-0.3, -0.25) is 9.59 Å². The van der Waals surface area contributed by atoms with E-state index < -0.39 is 12.1 Å². The van der Waals surface area contributed by atoms with E-state index in [0.29, 0.717) is 19.4 Å². The van der Waals surface area contributed by atoms with Gasteiger partial charge in [0.15, 0.2) is 0 Å². The number of carbonyl (C=O) groups excluding carboxylic acids is 2. The minimum Gasteiger partial charge on any atom is -0.466 e. The fraction of sp³-hybridized carbons (Fsp3) is 0.875. The Bertz CT molecular complexity index is 1130. The van der Waals surface area contributed by atoms with Crippen LogP contribution in [-0.2, 0) is 14.3 Å². The quantitative estimate of drug-likeness (QED) is 0.0321. The van der Waals surface area contributed by atoms with Gasteiger partial charge in [0.05, 0.1) is 25.4 Å². The van der Waals surface area contributed by atoms with E-state index in [0.717, 1.165) is 83.5 Å². The number of ether oxygens (including phenoxy) is 1. The summed E-state index contributed by atoms with van der Waals surface area (Å²) in [7, 11) is 0. The summed E-state index contributed by atoms with van der Waals surface area (Å²) in [5, 5.41) is 23.2. The van der Waals surface area contributed by atoms with Crippen LogP contribution in [-0.4, -0.2) is 47.4 Å². The molecule has 0 saturated carbocycles. The third-order valence-corrected chi connectivity index (χ3v) is 14.4. The summed E-state index contributed by atoms with van der Waals surface area (Å²) in [5.74, 6) is -0.0959. The molecule has 0 heterocycles. The molecule has 0 bridgehead atoms. The minimum atomic E-state index is -0.856. The summed E-state index contributed by atoms with van der Waals surface area (Å²) < 4.78 is 5.45. The molecule has 0 spiro atoms. The SMILES string of the molecule is CCCCCCCCCCCCCCCCCCCCCCC/C=C/C(O)C(CO)NC(=O)CCCCCCCCC/C=C\C/C=C\CCCCCOC(=O)CCCCCCCCCCCCCCC. The third-order valence-electron chi connectivity index (χ3n) is 14.4. The fourth-order valence-electron chi connectivity index (χ4n) is 9.61. The number of carbonyl (C=O) groups is 2. The van der Waals surface area contributed by atoms with Crippen molar-refractivity contribution < 1.29 is 24.5 Å². The average molecular weight is 985 g/mol. The third kappa shape index (κ3) is 55.4.